The van der Waals surface area contributed by atoms with Crippen molar-refractivity contribution < 1.29 is 37.6 Å². The van der Waals surface area contributed by atoms with Gasteiger partial charge in [0.15, 0.2) is 6.10 Å². The molecule has 0 radical (unpaired) electrons. The molecule has 2 unspecified atom stereocenters. The van der Waals surface area contributed by atoms with E-state index in [0.29, 0.717) is 6.42 Å². The monoisotopic (exact) mass is 992 g/mol. The van der Waals surface area contributed by atoms with Crippen LogP contribution in [0.1, 0.15) is 200 Å². The zero-order valence-electron chi connectivity index (χ0n) is 43.9. The minimum Gasteiger partial charge on any atom is -0.462 e. The van der Waals surface area contributed by atoms with Crippen molar-refractivity contribution in [3.8, 4) is 0 Å². The molecule has 0 amide bonds. The number of phosphoric ester groups is 1. The maximum atomic E-state index is 12.6. The maximum absolute atomic E-state index is 12.6. The van der Waals surface area contributed by atoms with E-state index in [1.807, 2.05) is 0 Å². The first-order chi connectivity index (χ1) is 34.3. The van der Waals surface area contributed by atoms with Crippen LogP contribution in [-0.4, -0.2) is 49.3 Å². The van der Waals surface area contributed by atoms with E-state index in [0.717, 1.165) is 116 Å². The lowest BCUT2D eigenvalue weighted by atomic mass is 10.1. The molecule has 0 aromatic rings. The number of unbranched alkanes of at least 4 members (excludes halogenated alkanes) is 14. The van der Waals surface area contributed by atoms with E-state index in [-0.39, 0.29) is 32.6 Å². The summed E-state index contributed by atoms with van der Waals surface area (Å²) in [5.74, 6) is -0.855. The number of phosphoric acid groups is 1. The van der Waals surface area contributed by atoms with Gasteiger partial charge in [0.2, 0.25) is 0 Å². The average molecular weight is 992 g/mol. The number of rotatable bonds is 49. The molecule has 0 aromatic carbocycles. The Balaban J connectivity index is 3.95. The molecule has 0 saturated carbocycles. The van der Waals surface area contributed by atoms with Gasteiger partial charge in [-0.3, -0.25) is 18.6 Å². The van der Waals surface area contributed by atoms with E-state index in [2.05, 4.69) is 148 Å². The topological polar surface area (TPSA) is 134 Å². The fourth-order valence-corrected chi connectivity index (χ4v) is 7.58. The molecule has 0 rings (SSSR count). The smallest absolute Gasteiger partial charge is 0.462 e. The molecule has 10 heteroatoms. The Hall–Kier alpha value is -3.85. The summed E-state index contributed by atoms with van der Waals surface area (Å²) in [6, 6.07) is 0. The highest BCUT2D eigenvalue weighted by Gasteiger charge is 2.26. The van der Waals surface area contributed by atoms with Crippen molar-refractivity contribution in [3.05, 3.63) is 134 Å². The zero-order valence-corrected chi connectivity index (χ0v) is 44.8. The summed E-state index contributed by atoms with van der Waals surface area (Å²) in [7, 11) is -4.39. The van der Waals surface area contributed by atoms with E-state index in [9.17, 15) is 19.0 Å². The second-order valence-corrected chi connectivity index (χ2v) is 18.8. The molecule has 0 aliphatic rings. The quantitative estimate of drug-likeness (QED) is 0.0264. The fraction of sp³-hybridized carbons (Fsp3) is 0.600. The maximum Gasteiger partial charge on any atom is 0.472 e. The molecule has 0 bridgehead atoms. The van der Waals surface area contributed by atoms with Crippen molar-refractivity contribution in [3.63, 3.8) is 0 Å². The molecule has 0 saturated heterocycles. The number of nitrogens with two attached hydrogens (primary N) is 1. The molecule has 0 fully saturated rings. The van der Waals surface area contributed by atoms with Crippen LogP contribution in [0, 0.1) is 0 Å². The summed E-state index contributed by atoms with van der Waals surface area (Å²) in [5, 5.41) is 0. The van der Waals surface area contributed by atoms with Crippen molar-refractivity contribution in [1.29, 1.82) is 0 Å². The number of carbonyl (C=O) groups is 2. The molecule has 0 aliphatic carbocycles. The van der Waals surface area contributed by atoms with Gasteiger partial charge in [0.25, 0.3) is 0 Å². The molecule has 0 aliphatic heterocycles. The normalized spacial score (nSPS) is 14.2. The largest absolute Gasteiger partial charge is 0.472 e. The summed E-state index contributed by atoms with van der Waals surface area (Å²) in [6.45, 7) is 3.55. The van der Waals surface area contributed by atoms with Gasteiger partial charge >= 0.3 is 19.8 Å². The number of hydrogen-bond acceptors (Lipinski definition) is 8. The Labute approximate surface area is 427 Å². The van der Waals surface area contributed by atoms with Crippen LogP contribution >= 0.6 is 7.82 Å². The van der Waals surface area contributed by atoms with Gasteiger partial charge < -0.3 is 20.1 Å². The highest BCUT2D eigenvalue weighted by Crippen LogP contribution is 2.43. The summed E-state index contributed by atoms with van der Waals surface area (Å²) < 4.78 is 32.7. The Bertz CT molecular complexity index is 1600. The van der Waals surface area contributed by atoms with Crippen molar-refractivity contribution in [2.45, 2.75) is 206 Å². The van der Waals surface area contributed by atoms with Crippen molar-refractivity contribution >= 4 is 19.8 Å². The first kappa shape index (κ1) is 66.2. The Morgan fingerprint density at radius 1 is 0.443 bits per heavy atom. The van der Waals surface area contributed by atoms with Crippen molar-refractivity contribution in [2.24, 2.45) is 5.73 Å². The molecule has 0 spiro atoms. The molecule has 0 aromatic heterocycles. The third kappa shape index (κ3) is 53.5. The first-order valence-electron chi connectivity index (χ1n) is 27.2. The highest BCUT2D eigenvalue weighted by molar-refractivity contribution is 7.47. The molecule has 0 heterocycles. The fourth-order valence-electron chi connectivity index (χ4n) is 6.82. The molecule has 396 valence electrons. The van der Waals surface area contributed by atoms with Crippen molar-refractivity contribution in [1.82, 2.24) is 0 Å². The van der Waals surface area contributed by atoms with Gasteiger partial charge in [-0.15, -0.1) is 0 Å². The third-order valence-electron chi connectivity index (χ3n) is 10.8. The second-order valence-electron chi connectivity index (χ2n) is 17.4. The number of hydrogen-bond donors (Lipinski definition) is 2. The van der Waals surface area contributed by atoms with Gasteiger partial charge in [0.05, 0.1) is 13.2 Å². The van der Waals surface area contributed by atoms with E-state index < -0.39 is 32.5 Å². The van der Waals surface area contributed by atoms with Crippen LogP contribution in [0.4, 0.5) is 0 Å². The number of ether oxygens (including phenoxy) is 2. The summed E-state index contributed by atoms with van der Waals surface area (Å²) in [6.07, 6.45) is 76.7. The van der Waals surface area contributed by atoms with E-state index >= 15 is 0 Å². The molecular formula is C60H98NO8P. The van der Waals surface area contributed by atoms with Crippen LogP contribution in [0.3, 0.4) is 0 Å². The lowest BCUT2D eigenvalue weighted by molar-refractivity contribution is -0.161. The number of esters is 2. The van der Waals surface area contributed by atoms with Crippen molar-refractivity contribution in [2.75, 3.05) is 26.4 Å². The SMILES string of the molecule is CC/C=C\C/C=C\C/C=C\C/C=C\C/C=C\C/C=C\C/C=C\C/C=C\C/C=C\C/C=C\C/C=C\CCCCCCCCCC(=O)OC(COC(=O)CCCCCCCCCC)COP(=O)(O)OCCN. The van der Waals surface area contributed by atoms with Crippen LogP contribution in [0.15, 0.2) is 134 Å². The molecule has 9 nitrogen and oxygen atoms in total. The van der Waals surface area contributed by atoms with E-state index in [4.69, 9.17) is 24.3 Å². The van der Waals surface area contributed by atoms with Gasteiger partial charge in [-0.25, -0.2) is 4.57 Å². The number of carbonyl (C=O) groups excluding carboxylic acids is 2. The van der Waals surface area contributed by atoms with Crippen LogP contribution in [0.2, 0.25) is 0 Å². The lowest BCUT2D eigenvalue weighted by Gasteiger charge is -2.19. The Morgan fingerprint density at radius 2 is 0.786 bits per heavy atom. The molecule has 3 N–H and O–H groups in total. The third-order valence-corrected chi connectivity index (χ3v) is 11.8. The van der Waals surface area contributed by atoms with Gasteiger partial charge in [-0.2, -0.15) is 0 Å². The average Bonchev–Trinajstić information content (AvgIpc) is 3.35. The zero-order chi connectivity index (χ0) is 51.0. The predicted octanol–water partition coefficient (Wildman–Crippen LogP) is 17.0. The molecule has 70 heavy (non-hydrogen) atoms. The van der Waals surface area contributed by atoms with Crippen LogP contribution in [0.5, 0.6) is 0 Å². The standard InChI is InChI=1S/C60H98NO8P/c1-3-5-7-9-11-13-14-15-16-17-18-19-20-21-22-23-24-25-26-27-28-29-30-31-32-33-34-35-36-37-38-39-40-41-42-43-44-45-47-49-51-53-60(63)69-58(57-68-70(64,65)67-55-54-61)56-66-59(62)52-50-48-46-12-10-8-6-4-2/h5,7,11,13,15-16,18-19,21-22,24-25,27-28,30-31,33-34,36-37,39-40,58H,3-4,6,8-10,12,14,17,20,23,26,29,32,35,38,41-57,61H2,1-2H3,(H,64,65)/b7-5-,13-11-,16-15-,19-18-,22-21-,25-24-,28-27-,31-30-,34-33-,37-36-,40-39-. The summed E-state index contributed by atoms with van der Waals surface area (Å²) in [5.41, 5.74) is 5.35. The van der Waals surface area contributed by atoms with Crippen LogP contribution < -0.4 is 5.73 Å². The van der Waals surface area contributed by atoms with E-state index in [1.54, 1.807) is 0 Å². The van der Waals surface area contributed by atoms with Crippen LogP contribution in [0.25, 0.3) is 0 Å². The van der Waals surface area contributed by atoms with Gasteiger partial charge in [-0.05, 0) is 96.3 Å². The lowest BCUT2D eigenvalue weighted by Crippen LogP contribution is -2.29. The minimum atomic E-state index is -4.39. The molecular weight excluding hydrogens is 894 g/mol. The number of allylic oxidation sites excluding steroid dienone is 22. The molecule has 2 atom stereocenters. The van der Waals surface area contributed by atoms with Gasteiger partial charge in [0.1, 0.15) is 6.61 Å². The van der Waals surface area contributed by atoms with Crippen LogP contribution in [-0.2, 0) is 32.7 Å². The van der Waals surface area contributed by atoms with Gasteiger partial charge in [-0.1, -0.05) is 225 Å². The minimum absolute atomic E-state index is 0.0461. The predicted molar refractivity (Wildman–Crippen MR) is 297 cm³/mol. The Kier molecular flexibility index (Phi) is 51.5. The Morgan fingerprint density at radius 3 is 1.17 bits per heavy atom. The van der Waals surface area contributed by atoms with E-state index in [1.165, 1.54) is 51.4 Å². The van der Waals surface area contributed by atoms with Gasteiger partial charge in [0, 0.05) is 19.4 Å². The highest BCUT2D eigenvalue weighted by atomic mass is 31.2. The summed E-state index contributed by atoms with van der Waals surface area (Å²) in [4.78, 5) is 34.8. The first-order valence-corrected chi connectivity index (χ1v) is 28.7. The summed E-state index contributed by atoms with van der Waals surface area (Å²) >= 11 is 0. The second kappa shape index (κ2) is 54.5.